The molecule has 1 heterocycles. The Labute approximate surface area is 118 Å². The normalized spacial score (nSPS) is 14.5. The van der Waals surface area contributed by atoms with Crippen molar-refractivity contribution in [3.8, 4) is 0 Å². The van der Waals surface area contributed by atoms with E-state index in [1.54, 1.807) is 6.07 Å². The van der Waals surface area contributed by atoms with E-state index in [9.17, 15) is 9.90 Å². The second kappa shape index (κ2) is 6.73. The SMILES string of the molecule is O=C(O)CC(O)(CCCCCl)c1ccc(Br)s1. The summed E-state index contributed by atoms with van der Waals surface area (Å²) >= 11 is 10.3. The molecular formula is C11H14BrClO3S. The van der Waals surface area contributed by atoms with Crippen LogP contribution in [-0.4, -0.2) is 22.1 Å². The van der Waals surface area contributed by atoms with Crippen molar-refractivity contribution in [1.29, 1.82) is 0 Å². The number of thiophene rings is 1. The van der Waals surface area contributed by atoms with Crippen LogP contribution in [0.25, 0.3) is 0 Å². The summed E-state index contributed by atoms with van der Waals surface area (Å²) in [6, 6.07) is 3.58. The Hall–Kier alpha value is -0.100. The van der Waals surface area contributed by atoms with Gasteiger partial charge in [-0.05, 0) is 47.3 Å². The first-order valence-electron chi connectivity index (χ1n) is 5.24. The van der Waals surface area contributed by atoms with E-state index < -0.39 is 11.6 Å². The van der Waals surface area contributed by atoms with Gasteiger partial charge in [-0.25, -0.2) is 0 Å². The van der Waals surface area contributed by atoms with E-state index in [1.807, 2.05) is 6.07 Å². The number of halogens is 2. The molecule has 3 nitrogen and oxygen atoms in total. The highest BCUT2D eigenvalue weighted by molar-refractivity contribution is 9.11. The molecule has 1 atom stereocenters. The average Bonchev–Trinajstić information content (AvgIpc) is 2.65. The lowest BCUT2D eigenvalue weighted by Gasteiger charge is -2.25. The van der Waals surface area contributed by atoms with Crippen LogP contribution >= 0.6 is 38.9 Å². The van der Waals surface area contributed by atoms with Gasteiger partial charge in [0.2, 0.25) is 0 Å². The minimum atomic E-state index is -1.28. The van der Waals surface area contributed by atoms with Gasteiger partial charge in [0.15, 0.2) is 0 Å². The van der Waals surface area contributed by atoms with Gasteiger partial charge in [-0.15, -0.1) is 22.9 Å². The Morgan fingerprint density at radius 3 is 2.65 bits per heavy atom. The first-order valence-corrected chi connectivity index (χ1v) is 7.38. The Kier molecular flexibility index (Phi) is 5.92. The maximum atomic E-state index is 10.8. The van der Waals surface area contributed by atoms with E-state index in [2.05, 4.69) is 15.9 Å². The van der Waals surface area contributed by atoms with Crippen LogP contribution in [0.3, 0.4) is 0 Å². The van der Waals surface area contributed by atoms with Crippen molar-refractivity contribution in [2.75, 3.05) is 5.88 Å². The van der Waals surface area contributed by atoms with E-state index in [0.29, 0.717) is 23.6 Å². The minimum Gasteiger partial charge on any atom is -0.481 e. The van der Waals surface area contributed by atoms with Gasteiger partial charge in [0.05, 0.1) is 10.2 Å². The van der Waals surface area contributed by atoms with Crippen molar-refractivity contribution in [2.45, 2.75) is 31.3 Å². The summed E-state index contributed by atoms with van der Waals surface area (Å²) in [6.45, 7) is 0. The van der Waals surface area contributed by atoms with Crippen LogP contribution < -0.4 is 0 Å². The van der Waals surface area contributed by atoms with Crippen molar-refractivity contribution < 1.29 is 15.0 Å². The second-order valence-corrected chi connectivity index (χ2v) is 6.69. The fraction of sp³-hybridized carbons (Fsp3) is 0.545. The summed E-state index contributed by atoms with van der Waals surface area (Å²) in [5.41, 5.74) is -1.28. The molecule has 1 aromatic rings. The zero-order valence-corrected chi connectivity index (χ0v) is 12.3. The molecule has 0 radical (unpaired) electrons. The highest BCUT2D eigenvalue weighted by atomic mass is 79.9. The topological polar surface area (TPSA) is 57.5 Å². The molecule has 96 valence electrons. The van der Waals surface area contributed by atoms with Crippen LogP contribution in [0.15, 0.2) is 15.9 Å². The van der Waals surface area contributed by atoms with Crippen molar-refractivity contribution in [2.24, 2.45) is 0 Å². The third-order valence-electron chi connectivity index (χ3n) is 2.45. The highest BCUT2D eigenvalue weighted by Gasteiger charge is 2.33. The van der Waals surface area contributed by atoms with Gasteiger partial charge in [-0.2, -0.15) is 0 Å². The summed E-state index contributed by atoms with van der Waals surface area (Å²) in [6.07, 6.45) is 1.63. The summed E-state index contributed by atoms with van der Waals surface area (Å²) in [4.78, 5) is 11.5. The Morgan fingerprint density at radius 2 is 2.18 bits per heavy atom. The standard InChI is InChI=1S/C11H14BrClO3S/c12-9-4-3-8(17-9)11(16,7-10(14)15)5-1-2-6-13/h3-4,16H,1-2,5-7H2,(H,14,15). The first-order chi connectivity index (χ1) is 7.98. The van der Waals surface area contributed by atoms with Crippen molar-refractivity contribution in [3.05, 3.63) is 20.8 Å². The molecule has 0 aliphatic heterocycles. The summed E-state index contributed by atoms with van der Waals surface area (Å²) < 4.78 is 0.883. The molecule has 17 heavy (non-hydrogen) atoms. The van der Waals surface area contributed by atoms with Crippen LogP contribution in [0, 0.1) is 0 Å². The Balaban J connectivity index is 2.81. The number of rotatable bonds is 7. The lowest BCUT2D eigenvalue weighted by Crippen LogP contribution is -2.28. The maximum absolute atomic E-state index is 10.8. The fourth-order valence-corrected chi connectivity index (χ4v) is 3.32. The number of aliphatic carboxylic acids is 1. The van der Waals surface area contributed by atoms with Crippen LogP contribution in [0.5, 0.6) is 0 Å². The highest BCUT2D eigenvalue weighted by Crippen LogP contribution is 2.37. The predicted molar refractivity (Wildman–Crippen MR) is 72.7 cm³/mol. The smallest absolute Gasteiger partial charge is 0.306 e. The summed E-state index contributed by atoms with van der Waals surface area (Å²) in [5.74, 6) is -0.472. The molecule has 0 aromatic carbocycles. The van der Waals surface area contributed by atoms with E-state index in [4.69, 9.17) is 16.7 Å². The average molecular weight is 342 g/mol. The Morgan fingerprint density at radius 1 is 1.47 bits per heavy atom. The zero-order valence-electron chi connectivity index (χ0n) is 9.16. The number of carbonyl (C=O) groups is 1. The number of unbranched alkanes of at least 4 members (excludes halogenated alkanes) is 1. The molecule has 0 aliphatic rings. The van der Waals surface area contributed by atoms with Crippen LogP contribution in [0.2, 0.25) is 0 Å². The lowest BCUT2D eigenvalue weighted by molar-refractivity contribution is -0.143. The molecule has 0 amide bonds. The van der Waals surface area contributed by atoms with Gasteiger partial charge in [-0.1, -0.05) is 0 Å². The molecule has 2 N–H and O–H groups in total. The van der Waals surface area contributed by atoms with E-state index in [0.717, 1.165) is 10.2 Å². The van der Waals surface area contributed by atoms with Gasteiger partial charge in [-0.3, -0.25) is 4.79 Å². The van der Waals surface area contributed by atoms with Crippen LogP contribution in [0.4, 0.5) is 0 Å². The van der Waals surface area contributed by atoms with Crippen molar-refractivity contribution >= 4 is 44.8 Å². The molecule has 0 aliphatic carbocycles. The van der Waals surface area contributed by atoms with Crippen LogP contribution in [-0.2, 0) is 10.4 Å². The molecule has 1 rings (SSSR count). The molecule has 6 heteroatoms. The van der Waals surface area contributed by atoms with Gasteiger partial charge >= 0.3 is 5.97 Å². The van der Waals surface area contributed by atoms with Crippen molar-refractivity contribution in [3.63, 3.8) is 0 Å². The third kappa shape index (κ3) is 4.58. The number of hydrogen-bond acceptors (Lipinski definition) is 3. The molecule has 0 spiro atoms. The van der Waals surface area contributed by atoms with Crippen LogP contribution in [0.1, 0.15) is 30.6 Å². The summed E-state index contributed by atoms with van der Waals surface area (Å²) in [7, 11) is 0. The Bertz CT molecular complexity index is 383. The molecule has 0 saturated heterocycles. The second-order valence-electron chi connectivity index (χ2n) is 3.85. The van der Waals surface area contributed by atoms with Gasteiger partial charge in [0, 0.05) is 10.8 Å². The number of alkyl halides is 1. The third-order valence-corrected chi connectivity index (χ3v) is 4.53. The monoisotopic (exact) mass is 340 g/mol. The zero-order chi connectivity index (χ0) is 12.9. The lowest BCUT2D eigenvalue weighted by atomic mass is 9.91. The molecule has 1 aromatic heterocycles. The van der Waals surface area contributed by atoms with Gasteiger partial charge in [0.1, 0.15) is 5.60 Å². The largest absolute Gasteiger partial charge is 0.481 e. The fourth-order valence-electron chi connectivity index (χ4n) is 1.63. The number of carboxylic acid groups (broad SMARTS) is 1. The molecule has 0 saturated carbocycles. The van der Waals surface area contributed by atoms with E-state index >= 15 is 0 Å². The van der Waals surface area contributed by atoms with Crippen molar-refractivity contribution in [1.82, 2.24) is 0 Å². The number of carboxylic acids is 1. The van der Waals surface area contributed by atoms with Gasteiger partial charge in [0.25, 0.3) is 0 Å². The predicted octanol–water partition coefficient (Wildman–Crippen LogP) is 3.58. The molecule has 0 bridgehead atoms. The van der Waals surface area contributed by atoms with E-state index in [-0.39, 0.29) is 6.42 Å². The van der Waals surface area contributed by atoms with E-state index in [1.165, 1.54) is 11.3 Å². The quantitative estimate of drug-likeness (QED) is 0.588. The minimum absolute atomic E-state index is 0.276. The molecule has 1 unspecified atom stereocenters. The number of hydrogen-bond donors (Lipinski definition) is 2. The maximum Gasteiger partial charge on any atom is 0.306 e. The first kappa shape index (κ1) is 15.0. The summed E-state index contributed by atoms with van der Waals surface area (Å²) in [5, 5.41) is 19.3. The number of aliphatic hydroxyl groups is 1. The molecular weight excluding hydrogens is 328 g/mol. The molecule has 0 fully saturated rings. The van der Waals surface area contributed by atoms with Gasteiger partial charge < -0.3 is 10.2 Å².